The fourth-order valence-corrected chi connectivity index (χ4v) is 2.79. The van der Waals surface area contributed by atoms with Crippen LogP contribution in [-0.4, -0.2) is 15.9 Å². The second kappa shape index (κ2) is 4.78. The molecule has 1 heterocycles. The van der Waals surface area contributed by atoms with Gasteiger partial charge in [0.15, 0.2) is 0 Å². The Hall–Kier alpha value is -1.26. The molecule has 2 unspecified atom stereocenters. The van der Waals surface area contributed by atoms with Crippen molar-refractivity contribution < 1.29 is 4.74 Å². The van der Waals surface area contributed by atoms with Crippen molar-refractivity contribution in [2.75, 3.05) is 5.73 Å². The molecule has 1 aromatic heterocycles. The first-order valence-corrected chi connectivity index (χ1v) is 7.06. The van der Waals surface area contributed by atoms with E-state index in [-0.39, 0.29) is 11.5 Å². The van der Waals surface area contributed by atoms with E-state index in [9.17, 15) is 0 Å². The van der Waals surface area contributed by atoms with Gasteiger partial charge in [-0.25, -0.2) is 4.37 Å². The van der Waals surface area contributed by atoms with Crippen molar-refractivity contribution in [1.29, 1.82) is 0 Å². The summed E-state index contributed by atoms with van der Waals surface area (Å²) in [6.07, 6.45) is 3.91. The molecule has 1 aromatic carbocycles. The molecule has 1 fully saturated rings. The Balaban J connectivity index is 1.81. The van der Waals surface area contributed by atoms with Crippen LogP contribution in [0.15, 0.2) is 30.5 Å². The molecule has 0 saturated heterocycles. The fourth-order valence-electron chi connectivity index (χ4n) is 1.90. The Bertz CT molecular complexity index is 544. The quantitative estimate of drug-likeness (QED) is 0.691. The first-order chi connectivity index (χ1) is 8.74. The van der Waals surface area contributed by atoms with Gasteiger partial charge in [-0.05, 0) is 54.2 Å². The smallest absolute Gasteiger partial charge is 0.142 e. The molecule has 5 heteroatoms. The summed E-state index contributed by atoms with van der Waals surface area (Å²) in [4.78, 5) is 1.10. The van der Waals surface area contributed by atoms with Crippen LogP contribution < -0.4 is 10.5 Å². The Morgan fingerprint density at radius 1 is 1.33 bits per heavy atom. The zero-order valence-electron chi connectivity index (χ0n) is 9.67. The first-order valence-electron chi connectivity index (χ1n) is 5.85. The maximum absolute atomic E-state index is 6.06. The second-order valence-corrected chi connectivity index (χ2v) is 5.77. The van der Waals surface area contributed by atoms with E-state index in [1.807, 2.05) is 24.3 Å². The maximum atomic E-state index is 6.06. The number of benzene rings is 1. The van der Waals surface area contributed by atoms with Crippen LogP contribution in [0.5, 0.6) is 5.75 Å². The van der Waals surface area contributed by atoms with Gasteiger partial charge in [-0.1, -0.05) is 0 Å². The Kier molecular flexibility index (Phi) is 3.14. The number of anilines is 1. The SMILES string of the molecule is Nc1cc(-c2ccns2)ccc1OC1CCC1Cl. The van der Waals surface area contributed by atoms with Crippen molar-refractivity contribution in [3.05, 3.63) is 30.5 Å². The van der Waals surface area contributed by atoms with Crippen molar-refractivity contribution in [3.63, 3.8) is 0 Å². The van der Waals surface area contributed by atoms with Crippen LogP contribution in [0.3, 0.4) is 0 Å². The molecule has 1 aliphatic rings. The van der Waals surface area contributed by atoms with Gasteiger partial charge in [0.1, 0.15) is 11.9 Å². The molecule has 0 amide bonds. The minimum absolute atomic E-state index is 0.100. The van der Waals surface area contributed by atoms with Crippen molar-refractivity contribution in [2.24, 2.45) is 0 Å². The molecular weight excluding hydrogens is 268 g/mol. The van der Waals surface area contributed by atoms with E-state index in [1.165, 1.54) is 11.5 Å². The van der Waals surface area contributed by atoms with Crippen molar-refractivity contribution in [1.82, 2.24) is 4.37 Å². The van der Waals surface area contributed by atoms with E-state index in [0.29, 0.717) is 5.69 Å². The predicted octanol–water partition coefficient (Wildman–Crippen LogP) is 3.54. The number of hydrogen-bond acceptors (Lipinski definition) is 4. The number of ether oxygens (including phenoxy) is 1. The van der Waals surface area contributed by atoms with E-state index in [0.717, 1.165) is 29.0 Å². The molecule has 0 radical (unpaired) electrons. The predicted molar refractivity (Wildman–Crippen MR) is 75.3 cm³/mol. The van der Waals surface area contributed by atoms with Crippen molar-refractivity contribution in [2.45, 2.75) is 24.3 Å². The Labute approximate surface area is 115 Å². The van der Waals surface area contributed by atoms with Gasteiger partial charge in [-0.3, -0.25) is 0 Å². The molecule has 94 valence electrons. The lowest BCUT2D eigenvalue weighted by Gasteiger charge is -2.32. The Morgan fingerprint density at radius 3 is 2.78 bits per heavy atom. The van der Waals surface area contributed by atoms with Gasteiger partial charge < -0.3 is 10.5 Å². The zero-order valence-corrected chi connectivity index (χ0v) is 11.2. The molecule has 18 heavy (non-hydrogen) atoms. The van der Waals surface area contributed by atoms with Gasteiger partial charge in [0.25, 0.3) is 0 Å². The van der Waals surface area contributed by atoms with Crippen LogP contribution in [0, 0.1) is 0 Å². The molecule has 0 spiro atoms. The van der Waals surface area contributed by atoms with Gasteiger partial charge in [0.05, 0.1) is 15.9 Å². The number of alkyl halides is 1. The van der Waals surface area contributed by atoms with Crippen molar-refractivity contribution >= 4 is 28.8 Å². The molecule has 2 aromatic rings. The van der Waals surface area contributed by atoms with Crippen LogP contribution >= 0.6 is 23.1 Å². The van der Waals surface area contributed by atoms with Gasteiger partial charge in [0.2, 0.25) is 0 Å². The highest BCUT2D eigenvalue weighted by atomic mass is 35.5. The molecule has 2 atom stereocenters. The molecular formula is C13H13ClN2OS. The Morgan fingerprint density at radius 2 is 2.22 bits per heavy atom. The summed E-state index contributed by atoms with van der Waals surface area (Å²) in [7, 11) is 0. The summed E-state index contributed by atoms with van der Waals surface area (Å²) in [6.45, 7) is 0. The van der Waals surface area contributed by atoms with Crippen LogP contribution in [0.2, 0.25) is 0 Å². The summed E-state index contributed by atoms with van der Waals surface area (Å²) >= 11 is 7.51. The number of nitrogen functional groups attached to an aromatic ring is 1. The number of nitrogens with two attached hydrogens (primary N) is 1. The monoisotopic (exact) mass is 280 g/mol. The molecule has 3 nitrogen and oxygen atoms in total. The number of hydrogen-bond donors (Lipinski definition) is 1. The van der Waals surface area contributed by atoms with Gasteiger partial charge in [0, 0.05) is 6.20 Å². The number of nitrogens with zero attached hydrogens (tertiary/aromatic N) is 1. The van der Waals surface area contributed by atoms with Gasteiger partial charge in [-0.15, -0.1) is 11.6 Å². The highest BCUT2D eigenvalue weighted by molar-refractivity contribution is 7.09. The molecule has 0 aliphatic heterocycles. The highest BCUT2D eigenvalue weighted by Gasteiger charge is 2.31. The summed E-state index contributed by atoms with van der Waals surface area (Å²) in [6, 6.07) is 7.80. The standard InChI is InChI=1S/C13H13ClN2OS/c14-9-2-4-11(9)17-12-3-1-8(7-10(12)15)13-5-6-16-18-13/h1,3,5-7,9,11H,2,4,15H2. The number of halogens is 1. The highest BCUT2D eigenvalue weighted by Crippen LogP contribution is 2.35. The van der Waals surface area contributed by atoms with E-state index >= 15 is 0 Å². The summed E-state index contributed by atoms with van der Waals surface area (Å²) < 4.78 is 9.88. The average Bonchev–Trinajstić information content (AvgIpc) is 2.89. The van der Waals surface area contributed by atoms with Crippen LogP contribution in [0.1, 0.15) is 12.8 Å². The molecule has 2 N–H and O–H groups in total. The summed E-state index contributed by atoms with van der Waals surface area (Å²) in [5.41, 5.74) is 7.73. The lowest BCUT2D eigenvalue weighted by Crippen LogP contribution is -2.37. The van der Waals surface area contributed by atoms with E-state index in [2.05, 4.69) is 4.37 Å². The van der Waals surface area contributed by atoms with E-state index in [4.69, 9.17) is 22.1 Å². The third kappa shape index (κ3) is 2.18. The largest absolute Gasteiger partial charge is 0.487 e. The minimum Gasteiger partial charge on any atom is -0.487 e. The molecule has 1 saturated carbocycles. The maximum Gasteiger partial charge on any atom is 0.142 e. The lowest BCUT2D eigenvalue weighted by atomic mass is 9.95. The van der Waals surface area contributed by atoms with Crippen LogP contribution in [0.25, 0.3) is 10.4 Å². The first kappa shape index (κ1) is 11.8. The third-order valence-electron chi connectivity index (χ3n) is 3.14. The van der Waals surface area contributed by atoms with Crippen LogP contribution in [0.4, 0.5) is 5.69 Å². The number of aromatic nitrogens is 1. The summed E-state index contributed by atoms with van der Waals surface area (Å²) in [5, 5.41) is 0.116. The van der Waals surface area contributed by atoms with Crippen LogP contribution in [-0.2, 0) is 0 Å². The third-order valence-corrected chi connectivity index (χ3v) is 4.44. The molecule has 1 aliphatic carbocycles. The minimum atomic E-state index is 0.100. The topological polar surface area (TPSA) is 48.1 Å². The zero-order chi connectivity index (χ0) is 12.5. The normalized spacial score (nSPS) is 22.5. The molecule has 0 bridgehead atoms. The average molecular weight is 281 g/mol. The van der Waals surface area contributed by atoms with E-state index < -0.39 is 0 Å². The lowest BCUT2D eigenvalue weighted by molar-refractivity contribution is 0.126. The van der Waals surface area contributed by atoms with E-state index in [1.54, 1.807) is 6.20 Å². The van der Waals surface area contributed by atoms with Crippen molar-refractivity contribution in [3.8, 4) is 16.2 Å². The summed E-state index contributed by atoms with van der Waals surface area (Å²) in [5.74, 6) is 0.721. The second-order valence-electron chi connectivity index (χ2n) is 4.38. The van der Waals surface area contributed by atoms with Gasteiger partial charge in [-0.2, -0.15) is 0 Å². The molecule has 3 rings (SSSR count). The van der Waals surface area contributed by atoms with Gasteiger partial charge >= 0.3 is 0 Å². The number of rotatable bonds is 3. The fraction of sp³-hybridized carbons (Fsp3) is 0.308.